The quantitative estimate of drug-likeness (QED) is 0.721. The van der Waals surface area contributed by atoms with Crippen LogP contribution in [-0.2, 0) is 4.79 Å². The van der Waals surface area contributed by atoms with Crippen LogP contribution in [0.4, 0.5) is 5.69 Å². The summed E-state index contributed by atoms with van der Waals surface area (Å²) >= 11 is 1.26. The zero-order chi connectivity index (χ0) is 21.0. The van der Waals surface area contributed by atoms with Gasteiger partial charge >= 0.3 is 5.97 Å². The highest BCUT2D eigenvalue weighted by atomic mass is 32.2. The molecule has 0 saturated carbocycles. The number of ether oxygens (including phenoxy) is 2. The van der Waals surface area contributed by atoms with Crippen LogP contribution >= 0.6 is 11.8 Å². The first kappa shape index (κ1) is 20.5. The molecule has 1 heterocycles. The zero-order valence-electron chi connectivity index (χ0n) is 16.2. The Labute approximate surface area is 172 Å². The molecule has 2 aromatic carbocycles. The maximum absolute atomic E-state index is 12.8. The van der Waals surface area contributed by atoms with Gasteiger partial charge in [-0.2, -0.15) is 0 Å². The van der Waals surface area contributed by atoms with Crippen LogP contribution in [0.25, 0.3) is 6.08 Å². The first-order valence-corrected chi connectivity index (χ1v) is 9.64. The smallest absolute Gasteiger partial charge is 0.335 e. The third-order valence-corrected chi connectivity index (χ3v) is 5.27. The first-order chi connectivity index (χ1) is 14.0. The predicted octanol–water partition coefficient (Wildman–Crippen LogP) is 4.03. The van der Waals surface area contributed by atoms with Gasteiger partial charge in [0.15, 0.2) is 16.7 Å². The van der Waals surface area contributed by atoms with Gasteiger partial charge in [-0.1, -0.05) is 12.1 Å². The summed E-state index contributed by atoms with van der Waals surface area (Å²) in [6.45, 7) is 2.33. The zero-order valence-corrected chi connectivity index (χ0v) is 17.0. The number of amidine groups is 1. The summed E-state index contributed by atoms with van der Waals surface area (Å²) < 4.78 is 10.8. The molecule has 1 fully saturated rings. The number of hydrogen-bond acceptors (Lipinski definition) is 6. The van der Waals surface area contributed by atoms with Crippen LogP contribution in [0.1, 0.15) is 22.8 Å². The number of aromatic carboxylic acids is 1. The Hall–Kier alpha value is -3.26. The van der Waals surface area contributed by atoms with Crippen LogP contribution in [0.3, 0.4) is 0 Å². The number of benzene rings is 2. The summed E-state index contributed by atoms with van der Waals surface area (Å²) in [6.07, 6.45) is 1.76. The van der Waals surface area contributed by atoms with Crippen LogP contribution in [0.15, 0.2) is 52.4 Å². The lowest BCUT2D eigenvalue weighted by molar-refractivity contribution is -0.122. The van der Waals surface area contributed by atoms with E-state index in [-0.39, 0.29) is 11.5 Å². The lowest BCUT2D eigenvalue weighted by Gasteiger charge is -2.12. The number of carbonyl (C=O) groups excluding carboxylic acids is 1. The second-order valence-corrected chi connectivity index (χ2v) is 7.00. The van der Waals surface area contributed by atoms with Crippen molar-refractivity contribution < 1.29 is 24.2 Å². The molecule has 8 heteroatoms. The standard InChI is InChI=1S/C21H20N2O5S/c1-4-23-19(24)17(12-14-6-5-7-16(27-2)18(14)28-3)29-21(23)22-15-10-8-13(9-11-15)20(25)26/h5-12H,4H2,1-3H3,(H,25,26)/b17-12-,22-21?. The Morgan fingerprint density at radius 1 is 1.17 bits per heavy atom. The number of likely N-dealkylation sites (N-methyl/N-ethyl adjacent to an activating group) is 1. The Kier molecular flexibility index (Phi) is 6.23. The van der Waals surface area contributed by atoms with E-state index in [9.17, 15) is 9.59 Å². The monoisotopic (exact) mass is 412 g/mol. The average Bonchev–Trinajstić information content (AvgIpc) is 3.02. The summed E-state index contributed by atoms with van der Waals surface area (Å²) in [4.78, 5) is 30.5. The molecule has 1 N–H and O–H groups in total. The van der Waals surface area contributed by atoms with Gasteiger partial charge in [0, 0.05) is 12.1 Å². The summed E-state index contributed by atoms with van der Waals surface area (Å²) in [5.41, 5.74) is 1.48. The molecule has 7 nitrogen and oxygen atoms in total. The van der Waals surface area contributed by atoms with Crippen molar-refractivity contribution >= 4 is 40.6 Å². The molecule has 2 aromatic rings. The molecular formula is C21H20N2O5S. The number of rotatable bonds is 6. The number of hydrogen-bond donors (Lipinski definition) is 1. The van der Waals surface area contributed by atoms with Gasteiger partial charge in [0.2, 0.25) is 0 Å². The molecule has 0 radical (unpaired) electrons. The molecular weight excluding hydrogens is 392 g/mol. The molecule has 1 amide bonds. The second-order valence-electron chi connectivity index (χ2n) is 5.99. The number of thioether (sulfide) groups is 1. The third kappa shape index (κ3) is 4.27. The topological polar surface area (TPSA) is 88.4 Å². The van der Waals surface area contributed by atoms with Crippen molar-refractivity contribution in [1.29, 1.82) is 0 Å². The summed E-state index contributed by atoms with van der Waals surface area (Å²) in [7, 11) is 3.11. The van der Waals surface area contributed by atoms with E-state index in [2.05, 4.69) is 4.99 Å². The van der Waals surface area contributed by atoms with Crippen LogP contribution in [0.5, 0.6) is 11.5 Å². The SMILES string of the molecule is CCN1C(=O)/C(=C/c2cccc(OC)c2OC)SC1=Nc1ccc(C(=O)O)cc1. The van der Waals surface area contributed by atoms with E-state index >= 15 is 0 Å². The molecule has 0 atom stereocenters. The number of aliphatic imine (C=N–C) groups is 1. The van der Waals surface area contributed by atoms with Gasteiger partial charge in [0.25, 0.3) is 5.91 Å². The third-order valence-electron chi connectivity index (χ3n) is 4.26. The summed E-state index contributed by atoms with van der Waals surface area (Å²) in [5.74, 6) is -0.0174. The predicted molar refractivity (Wildman–Crippen MR) is 113 cm³/mol. The lowest BCUT2D eigenvalue weighted by Crippen LogP contribution is -2.28. The highest BCUT2D eigenvalue weighted by molar-refractivity contribution is 8.18. The number of methoxy groups -OCH3 is 2. The van der Waals surface area contributed by atoms with Crippen molar-refractivity contribution in [2.75, 3.05) is 20.8 Å². The summed E-state index contributed by atoms with van der Waals surface area (Å²) in [6, 6.07) is 11.7. The molecule has 0 aliphatic carbocycles. The number of carboxylic acid groups (broad SMARTS) is 1. The van der Waals surface area contributed by atoms with Gasteiger partial charge in [-0.25, -0.2) is 9.79 Å². The van der Waals surface area contributed by atoms with Crippen molar-refractivity contribution in [1.82, 2.24) is 4.90 Å². The Bertz CT molecular complexity index is 999. The van der Waals surface area contributed by atoms with E-state index < -0.39 is 5.97 Å². The maximum Gasteiger partial charge on any atom is 0.335 e. The molecule has 1 aliphatic heterocycles. The molecule has 29 heavy (non-hydrogen) atoms. The fourth-order valence-electron chi connectivity index (χ4n) is 2.83. The largest absolute Gasteiger partial charge is 0.493 e. The van der Waals surface area contributed by atoms with Gasteiger partial charge in [0.1, 0.15) is 0 Å². The fraction of sp³-hybridized carbons (Fsp3) is 0.190. The number of nitrogens with zero attached hydrogens (tertiary/aromatic N) is 2. The molecule has 0 unspecified atom stereocenters. The highest BCUT2D eigenvalue weighted by Gasteiger charge is 2.32. The minimum absolute atomic E-state index is 0.150. The number of para-hydroxylation sites is 1. The van der Waals surface area contributed by atoms with E-state index in [1.165, 1.54) is 23.9 Å². The van der Waals surface area contributed by atoms with Crippen molar-refractivity contribution in [2.24, 2.45) is 4.99 Å². The van der Waals surface area contributed by atoms with Gasteiger partial charge < -0.3 is 14.6 Å². The average molecular weight is 412 g/mol. The minimum atomic E-state index is -0.998. The van der Waals surface area contributed by atoms with Crippen LogP contribution in [-0.4, -0.2) is 47.8 Å². The Balaban J connectivity index is 1.95. The molecule has 1 saturated heterocycles. The first-order valence-electron chi connectivity index (χ1n) is 8.83. The van der Waals surface area contributed by atoms with Crippen LogP contribution in [0, 0.1) is 0 Å². The van der Waals surface area contributed by atoms with E-state index in [1.807, 2.05) is 19.1 Å². The van der Waals surface area contributed by atoms with Gasteiger partial charge in [-0.3, -0.25) is 9.69 Å². The lowest BCUT2D eigenvalue weighted by atomic mass is 10.1. The van der Waals surface area contributed by atoms with E-state index in [0.29, 0.717) is 33.8 Å². The number of amides is 1. The molecule has 3 rings (SSSR count). The Morgan fingerprint density at radius 2 is 1.90 bits per heavy atom. The molecule has 0 aromatic heterocycles. The highest BCUT2D eigenvalue weighted by Crippen LogP contribution is 2.38. The molecule has 0 spiro atoms. The van der Waals surface area contributed by atoms with Crippen molar-refractivity contribution in [2.45, 2.75) is 6.92 Å². The molecule has 1 aliphatic rings. The van der Waals surface area contributed by atoms with Gasteiger partial charge in [0.05, 0.1) is 30.4 Å². The fourth-order valence-corrected chi connectivity index (χ4v) is 3.88. The van der Waals surface area contributed by atoms with Crippen LogP contribution < -0.4 is 9.47 Å². The van der Waals surface area contributed by atoms with Crippen molar-refractivity contribution in [3.8, 4) is 11.5 Å². The van der Waals surface area contributed by atoms with Gasteiger partial charge in [-0.05, 0) is 55.1 Å². The van der Waals surface area contributed by atoms with E-state index in [4.69, 9.17) is 14.6 Å². The molecule has 150 valence electrons. The normalized spacial score (nSPS) is 16.5. The minimum Gasteiger partial charge on any atom is -0.493 e. The van der Waals surface area contributed by atoms with E-state index in [1.54, 1.807) is 43.4 Å². The van der Waals surface area contributed by atoms with Gasteiger partial charge in [-0.15, -0.1) is 0 Å². The number of carboxylic acids is 1. The van der Waals surface area contributed by atoms with Crippen molar-refractivity contribution in [3.05, 3.63) is 58.5 Å². The Morgan fingerprint density at radius 3 is 2.48 bits per heavy atom. The summed E-state index contributed by atoms with van der Waals surface area (Å²) in [5, 5.41) is 9.55. The van der Waals surface area contributed by atoms with Crippen molar-refractivity contribution in [3.63, 3.8) is 0 Å². The maximum atomic E-state index is 12.8. The van der Waals surface area contributed by atoms with E-state index in [0.717, 1.165) is 5.56 Å². The number of carbonyl (C=O) groups is 2. The van der Waals surface area contributed by atoms with Crippen LogP contribution in [0.2, 0.25) is 0 Å². The molecule has 0 bridgehead atoms. The second kappa shape index (κ2) is 8.83.